The zero-order valence-electron chi connectivity index (χ0n) is 10.7. The molecule has 0 saturated carbocycles. The molecule has 1 N–H and O–H groups in total. The fourth-order valence-corrected chi connectivity index (χ4v) is 1.96. The molecular formula is C15H16F2N2. The second-order valence-electron chi connectivity index (χ2n) is 4.31. The van der Waals surface area contributed by atoms with Gasteiger partial charge in [0.25, 0.3) is 0 Å². The van der Waals surface area contributed by atoms with E-state index in [0.717, 1.165) is 6.42 Å². The number of rotatable bonds is 5. The summed E-state index contributed by atoms with van der Waals surface area (Å²) in [6, 6.07) is 8.63. The molecule has 0 aliphatic heterocycles. The van der Waals surface area contributed by atoms with Crippen molar-refractivity contribution in [1.29, 1.82) is 0 Å². The second-order valence-corrected chi connectivity index (χ2v) is 4.31. The van der Waals surface area contributed by atoms with Crippen molar-refractivity contribution in [2.24, 2.45) is 0 Å². The van der Waals surface area contributed by atoms with Crippen LogP contribution in [-0.2, 0) is 0 Å². The first kappa shape index (κ1) is 13.6. The van der Waals surface area contributed by atoms with Gasteiger partial charge in [0.2, 0.25) is 0 Å². The molecule has 1 aromatic carbocycles. The van der Waals surface area contributed by atoms with E-state index in [4.69, 9.17) is 0 Å². The fraction of sp³-hybridized carbons (Fsp3) is 0.267. The average Bonchev–Trinajstić information content (AvgIpc) is 2.41. The number of hydrogen-bond donors (Lipinski definition) is 1. The van der Waals surface area contributed by atoms with E-state index in [1.54, 1.807) is 24.4 Å². The summed E-state index contributed by atoms with van der Waals surface area (Å²) >= 11 is 0. The van der Waals surface area contributed by atoms with Gasteiger partial charge in [0.05, 0.1) is 11.7 Å². The van der Waals surface area contributed by atoms with Gasteiger partial charge in [-0.05, 0) is 42.8 Å². The Morgan fingerprint density at radius 2 is 2.05 bits per heavy atom. The minimum Gasteiger partial charge on any atom is -0.305 e. The van der Waals surface area contributed by atoms with Crippen LogP contribution in [0.25, 0.3) is 0 Å². The van der Waals surface area contributed by atoms with Gasteiger partial charge in [-0.1, -0.05) is 19.1 Å². The number of pyridine rings is 1. The molecule has 19 heavy (non-hydrogen) atoms. The highest BCUT2D eigenvalue weighted by Crippen LogP contribution is 2.23. The molecule has 0 saturated heterocycles. The van der Waals surface area contributed by atoms with Crippen LogP contribution in [0.2, 0.25) is 0 Å². The van der Waals surface area contributed by atoms with Crippen molar-refractivity contribution < 1.29 is 8.78 Å². The lowest BCUT2D eigenvalue weighted by Crippen LogP contribution is -2.25. The summed E-state index contributed by atoms with van der Waals surface area (Å²) in [5.41, 5.74) is 0.965. The zero-order valence-corrected chi connectivity index (χ0v) is 10.7. The maximum Gasteiger partial charge on any atom is 0.146 e. The summed E-state index contributed by atoms with van der Waals surface area (Å²) in [4.78, 5) is 4.08. The van der Waals surface area contributed by atoms with Gasteiger partial charge >= 0.3 is 0 Å². The largest absolute Gasteiger partial charge is 0.305 e. The Morgan fingerprint density at radius 3 is 2.74 bits per heavy atom. The number of nitrogens with one attached hydrogen (secondary N) is 1. The molecule has 4 heteroatoms. The molecule has 0 fully saturated rings. The molecule has 1 heterocycles. The molecule has 0 aliphatic carbocycles. The van der Waals surface area contributed by atoms with Crippen LogP contribution in [0.15, 0.2) is 42.6 Å². The molecule has 100 valence electrons. The Balaban J connectivity index is 2.38. The number of nitrogens with zero attached hydrogens (tertiary/aromatic N) is 1. The topological polar surface area (TPSA) is 24.9 Å². The van der Waals surface area contributed by atoms with Crippen molar-refractivity contribution >= 4 is 0 Å². The Morgan fingerprint density at radius 1 is 1.21 bits per heavy atom. The molecule has 2 rings (SSSR count). The highest BCUT2D eigenvalue weighted by Gasteiger charge is 2.18. The normalized spacial score (nSPS) is 12.4. The van der Waals surface area contributed by atoms with E-state index in [9.17, 15) is 8.78 Å². The van der Waals surface area contributed by atoms with Gasteiger partial charge < -0.3 is 5.32 Å². The number of hydrogen-bond acceptors (Lipinski definition) is 2. The van der Waals surface area contributed by atoms with Crippen LogP contribution in [0, 0.1) is 11.6 Å². The van der Waals surface area contributed by atoms with Crippen LogP contribution in [0.1, 0.15) is 30.6 Å². The SMILES string of the molecule is CCCNC(c1cccc(F)c1)c1ncccc1F. The standard InChI is InChI=1S/C15H16F2N2/c1-2-8-18-14(11-5-3-6-12(16)10-11)15-13(17)7-4-9-19-15/h3-7,9-10,14,18H,2,8H2,1H3. The molecule has 1 unspecified atom stereocenters. The van der Waals surface area contributed by atoms with Crippen LogP contribution in [0.4, 0.5) is 8.78 Å². The van der Waals surface area contributed by atoms with E-state index in [-0.39, 0.29) is 11.6 Å². The Hall–Kier alpha value is -1.81. The predicted octanol–water partition coefficient (Wildman–Crippen LogP) is 3.45. The van der Waals surface area contributed by atoms with E-state index >= 15 is 0 Å². The van der Waals surface area contributed by atoms with E-state index in [2.05, 4.69) is 10.3 Å². The molecule has 2 aromatic rings. The van der Waals surface area contributed by atoms with Crippen LogP contribution in [0.3, 0.4) is 0 Å². The highest BCUT2D eigenvalue weighted by atomic mass is 19.1. The van der Waals surface area contributed by atoms with Crippen LogP contribution >= 0.6 is 0 Å². The molecule has 1 aromatic heterocycles. The van der Waals surface area contributed by atoms with Gasteiger partial charge in [0.15, 0.2) is 0 Å². The third kappa shape index (κ3) is 3.35. The lowest BCUT2D eigenvalue weighted by atomic mass is 10.0. The van der Waals surface area contributed by atoms with Crippen LogP contribution in [-0.4, -0.2) is 11.5 Å². The third-order valence-electron chi connectivity index (χ3n) is 2.84. The van der Waals surface area contributed by atoms with Crippen molar-refractivity contribution in [2.75, 3.05) is 6.54 Å². The van der Waals surface area contributed by atoms with Crippen LogP contribution < -0.4 is 5.32 Å². The Labute approximate surface area is 111 Å². The van der Waals surface area contributed by atoms with Crippen molar-refractivity contribution in [2.45, 2.75) is 19.4 Å². The maximum absolute atomic E-state index is 13.9. The van der Waals surface area contributed by atoms with Gasteiger partial charge in [0.1, 0.15) is 11.6 Å². The minimum atomic E-state index is -0.433. The van der Waals surface area contributed by atoms with Crippen LogP contribution in [0.5, 0.6) is 0 Å². The van der Waals surface area contributed by atoms with Gasteiger partial charge in [0, 0.05) is 6.20 Å². The summed E-state index contributed by atoms with van der Waals surface area (Å²) in [5.74, 6) is -0.725. The third-order valence-corrected chi connectivity index (χ3v) is 2.84. The Bertz CT molecular complexity index is 543. The summed E-state index contributed by atoms with van der Waals surface area (Å²) in [7, 11) is 0. The van der Waals surface area contributed by atoms with Crippen molar-refractivity contribution in [3.05, 3.63) is 65.5 Å². The lowest BCUT2D eigenvalue weighted by molar-refractivity contribution is 0.528. The fourth-order valence-electron chi connectivity index (χ4n) is 1.96. The van der Waals surface area contributed by atoms with E-state index in [1.807, 2.05) is 6.92 Å². The molecule has 0 radical (unpaired) electrons. The van der Waals surface area contributed by atoms with E-state index in [1.165, 1.54) is 18.2 Å². The first-order chi connectivity index (χ1) is 9.22. The van der Waals surface area contributed by atoms with Gasteiger partial charge in [-0.15, -0.1) is 0 Å². The monoisotopic (exact) mass is 262 g/mol. The second kappa shape index (κ2) is 6.38. The number of halogens is 2. The molecule has 0 spiro atoms. The first-order valence-corrected chi connectivity index (χ1v) is 6.31. The quantitative estimate of drug-likeness (QED) is 0.892. The molecule has 0 aliphatic rings. The molecule has 0 bridgehead atoms. The lowest BCUT2D eigenvalue weighted by Gasteiger charge is -2.19. The van der Waals surface area contributed by atoms with Gasteiger partial charge in [-0.3, -0.25) is 4.98 Å². The maximum atomic E-state index is 13.9. The summed E-state index contributed by atoms with van der Waals surface area (Å²) in [6.07, 6.45) is 2.44. The summed E-state index contributed by atoms with van der Waals surface area (Å²) in [6.45, 7) is 2.72. The van der Waals surface area contributed by atoms with Gasteiger partial charge in [-0.25, -0.2) is 8.78 Å². The summed E-state index contributed by atoms with van der Waals surface area (Å²) in [5, 5.41) is 3.20. The summed E-state index contributed by atoms with van der Waals surface area (Å²) < 4.78 is 27.2. The smallest absolute Gasteiger partial charge is 0.146 e. The van der Waals surface area contributed by atoms with Crippen molar-refractivity contribution in [3.8, 4) is 0 Å². The molecule has 2 nitrogen and oxygen atoms in total. The number of benzene rings is 1. The van der Waals surface area contributed by atoms with E-state index < -0.39 is 6.04 Å². The van der Waals surface area contributed by atoms with E-state index in [0.29, 0.717) is 17.8 Å². The minimum absolute atomic E-state index is 0.293. The zero-order chi connectivity index (χ0) is 13.7. The average molecular weight is 262 g/mol. The van der Waals surface area contributed by atoms with Crippen molar-refractivity contribution in [3.63, 3.8) is 0 Å². The Kier molecular flexibility index (Phi) is 4.58. The molecule has 1 atom stereocenters. The van der Waals surface area contributed by atoms with Gasteiger partial charge in [-0.2, -0.15) is 0 Å². The first-order valence-electron chi connectivity index (χ1n) is 6.31. The molecular weight excluding hydrogens is 246 g/mol. The number of aromatic nitrogens is 1. The predicted molar refractivity (Wildman–Crippen MR) is 70.7 cm³/mol. The van der Waals surface area contributed by atoms with Crippen molar-refractivity contribution in [1.82, 2.24) is 10.3 Å². The molecule has 0 amide bonds. The highest BCUT2D eigenvalue weighted by molar-refractivity contribution is 5.28.